The summed E-state index contributed by atoms with van der Waals surface area (Å²) in [6, 6.07) is -0.219. The summed E-state index contributed by atoms with van der Waals surface area (Å²) >= 11 is 0. The van der Waals surface area contributed by atoms with E-state index in [1.807, 2.05) is 11.8 Å². The third kappa shape index (κ3) is 3.15. The second-order valence-electron chi connectivity index (χ2n) is 3.97. The number of rotatable bonds is 6. The largest absolute Gasteiger partial charge is 0.481 e. The zero-order chi connectivity index (χ0) is 12.1. The van der Waals surface area contributed by atoms with E-state index in [2.05, 4.69) is 0 Å². The van der Waals surface area contributed by atoms with Crippen molar-refractivity contribution in [3.8, 4) is 0 Å². The first-order valence-corrected chi connectivity index (χ1v) is 5.43. The summed E-state index contributed by atoms with van der Waals surface area (Å²) in [6.07, 6.45) is -0.838. The molecule has 1 aliphatic rings. The van der Waals surface area contributed by atoms with E-state index in [0.29, 0.717) is 13.2 Å². The van der Waals surface area contributed by atoms with Crippen molar-refractivity contribution in [3.63, 3.8) is 0 Å². The Morgan fingerprint density at radius 1 is 1.56 bits per heavy atom. The molecule has 3 N–H and O–H groups in total. The van der Waals surface area contributed by atoms with Crippen LogP contribution in [0.1, 0.15) is 6.92 Å². The molecule has 1 saturated heterocycles. The molecule has 1 aliphatic heterocycles. The molecule has 0 spiro atoms. The lowest BCUT2D eigenvalue weighted by molar-refractivity contribution is -0.143. The lowest BCUT2D eigenvalue weighted by Gasteiger charge is -2.30. The van der Waals surface area contributed by atoms with E-state index in [4.69, 9.17) is 14.9 Å². The standard InChI is InChI=1S/C10H19NO5/c1-2-11(3-7(13)4-12)9-6-16-5-8(9)10(14)15/h7-9,12-13H,2-6H2,1H3,(H,14,15). The van der Waals surface area contributed by atoms with Gasteiger partial charge in [-0.2, -0.15) is 0 Å². The van der Waals surface area contributed by atoms with Crippen LogP contribution in [0.5, 0.6) is 0 Å². The number of hydrogen-bond acceptors (Lipinski definition) is 5. The minimum atomic E-state index is -0.876. The van der Waals surface area contributed by atoms with Gasteiger partial charge in [0.25, 0.3) is 0 Å². The zero-order valence-electron chi connectivity index (χ0n) is 9.37. The van der Waals surface area contributed by atoms with Crippen LogP contribution in [0.4, 0.5) is 0 Å². The maximum atomic E-state index is 11.0. The molecule has 0 radical (unpaired) electrons. The number of carboxylic acids is 1. The highest BCUT2D eigenvalue weighted by molar-refractivity contribution is 5.71. The summed E-state index contributed by atoms with van der Waals surface area (Å²) in [5, 5.41) is 27.1. The van der Waals surface area contributed by atoms with Gasteiger partial charge in [-0.3, -0.25) is 9.69 Å². The van der Waals surface area contributed by atoms with Crippen LogP contribution < -0.4 is 0 Å². The van der Waals surface area contributed by atoms with E-state index in [1.54, 1.807) is 0 Å². The molecule has 0 aromatic carbocycles. The van der Waals surface area contributed by atoms with Crippen molar-refractivity contribution in [1.82, 2.24) is 4.90 Å². The van der Waals surface area contributed by atoms with Gasteiger partial charge in [0.2, 0.25) is 0 Å². The van der Waals surface area contributed by atoms with Crippen molar-refractivity contribution in [2.75, 3.05) is 32.9 Å². The lowest BCUT2D eigenvalue weighted by Crippen LogP contribution is -2.46. The second-order valence-corrected chi connectivity index (χ2v) is 3.97. The Balaban J connectivity index is 2.60. The predicted octanol–water partition coefficient (Wildman–Crippen LogP) is -1.24. The van der Waals surface area contributed by atoms with Crippen LogP contribution >= 0.6 is 0 Å². The molecule has 94 valence electrons. The van der Waals surface area contributed by atoms with Crippen LogP contribution in [0.15, 0.2) is 0 Å². The molecule has 1 rings (SSSR count). The average molecular weight is 233 g/mol. The Morgan fingerprint density at radius 2 is 2.25 bits per heavy atom. The highest BCUT2D eigenvalue weighted by Gasteiger charge is 2.37. The molecule has 0 saturated carbocycles. The first kappa shape index (κ1) is 13.4. The average Bonchev–Trinajstić information content (AvgIpc) is 2.74. The second kappa shape index (κ2) is 6.15. The minimum Gasteiger partial charge on any atom is -0.481 e. The Labute approximate surface area is 94.4 Å². The van der Waals surface area contributed by atoms with Crippen LogP contribution in [0.2, 0.25) is 0 Å². The van der Waals surface area contributed by atoms with Crippen LogP contribution in [-0.4, -0.2) is 71.2 Å². The molecule has 16 heavy (non-hydrogen) atoms. The van der Waals surface area contributed by atoms with Gasteiger partial charge in [0, 0.05) is 12.6 Å². The van der Waals surface area contributed by atoms with Crippen LogP contribution in [0.3, 0.4) is 0 Å². The van der Waals surface area contributed by atoms with Gasteiger partial charge in [0.05, 0.1) is 31.8 Å². The minimum absolute atomic E-state index is 0.214. The first-order chi connectivity index (χ1) is 7.60. The van der Waals surface area contributed by atoms with Gasteiger partial charge in [-0.1, -0.05) is 6.92 Å². The van der Waals surface area contributed by atoms with E-state index >= 15 is 0 Å². The fourth-order valence-electron chi connectivity index (χ4n) is 1.97. The van der Waals surface area contributed by atoms with Crippen molar-refractivity contribution in [2.45, 2.75) is 19.1 Å². The molecule has 1 fully saturated rings. The molecule has 0 amide bonds. The number of ether oxygens (including phenoxy) is 1. The zero-order valence-corrected chi connectivity index (χ0v) is 9.37. The van der Waals surface area contributed by atoms with Crippen molar-refractivity contribution in [1.29, 1.82) is 0 Å². The molecule has 0 aromatic heterocycles. The highest BCUT2D eigenvalue weighted by Crippen LogP contribution is 2.20. The van der Waals surface area contributed by atoms with E-state index in [1.165, 1.54) is 0 Å². The van der Waals surface area contributed by atoms with Gasteiger partial charge in [-0.15, -0.1) is 0 Å². The molecular weight excluding hydrogens is 214 g/mol. The Bertz CT molecular complexity index is 235. The van der Waals surface area contributed by atoms with Gasteiger partial charge in [-0.25, -0.2) is 0 Å². The van der Waals surface area contributed by atoms with E-state index < -0.39 is 18.0 Å². The number of likely N-dealkylation sites (N-methyl/N-ethyl adjacent to an activating group) is 1. The molecule has 0 bridgehead atoms. The normalized spacial score (nSPS) is 27.2. The van der Waals surface area contributed by atoms with Gasteiger partial charge >= 0.3 is 5.97 Å². The van der Waals surface area contributed by atoms with Crippen molar-refractivity contribution < 1.29 is 24.9 Å². The molecule has 6 nitrogen and oxygen atoms in total. The molecular formula is C10H19NO5. The molecule has 3 unspecified atom stereocenters. The number of carboxylic acid groups (broad SMARTS) is 1. The van der Waals surface area contributed by atoms with Crippen LogP contribution in [-0.2, 0) is 9.53 Å². The SMILES string of the molecule is CCN(CC(O)CO)C1COCC1C(=O)O. The number of carbonyl (C=O) groups is 1. The summed E-state index contributed by atoms with van der Waals surface area (Å²) in [6.45, 7) is 3.04. The number of aliphatic carboxylic acids is 1. The fourth-order valence-corrected chi connectivity index (χ4v) is 1.97. The fraction of sp³-hybridized carbons (Fsp3) is 0.900. The third-order valence-electron chi connectivity index (χ3n) is 2.90. The molecule has 0 aromatic rings. The van der Waals surface area contributed by atoms with E-state index in [9.17, 15) is 9.90 Å². The Hall–Kier alpha value is -0.690. The van der Waals surface area contributed by atoms with Gasteiger partial charge in [-0.05, 0) is 6.54 Å². The maximum absolute atomic E-state index is 11.0. The monoisotopic (exact) mass is 233 g/mol. The maximum Gasteiger partial charge on any atom is 0.310 e. The Morgan fingerprint density at radius 3 is 2.75 bits per heavy atom. The van der Waals surface area contributed by atoms with E-state index in [0.717, 1.165) is 0 Å². The Kier molecular flexibility index (Phi) is 5.14. The van der Waals surface area contributed by atoms with Gasteiger partial charge in [0.15, 0.2) is 0 Å². The summed E-state index contributed by atoms with van der Waals surface area (Å²) < 4.78 is 5.16. The highest BCUT2D eigenvalue weighted by atomic mass is 16.5. The predicted molar refractivity (Wildman–Crippen MR) is 56.1 cm³/mol. The van der Waals surface area contributed by atoms with Crippen molar-refractivity contribution in [2.24, 2.45) is 5.92 Å². The van der Waals surface area contributed by atoms with Gasteiger partial charge in [0.1, 0.15) is 0 Å². The first-order valence-electron chi connectivity index (χ1n) is 5.43. The summed E-state index contributed by atoms with van der Waals surface area (Å²) in [4.78, 5) is 12.8. The lowest BCUT2D eigenvalue weighted by atomic mass is 10.0. The van der Waals surface area contributed by atoms with Crippen LogP contribution in [0.25, 0.3) is 0 Å². The van der Waals surface area contributed by atoms with E-state index in [-0.39, 0.29) is 25.8 Å². The number of aliphatic hydroxyl groups excluding tert-OH is 2. The van der Waals surface area contributed by atoms with Crippen molar-refractivity contribution >= 4 is 5.97 Å². The van der Waals surface area contributed by atoms with Gasteiger partial charge < -0.3 is 20.1 Å². The number of hydrogen-bond donors (Lipinski definition) is 3. The molecule has 6 heteroatoms. The van der Waals surface area contributed by atoms with Crippen molar-refractivity contribution in [3.05, 3.63) is 0 Å². The topological polar surface area (TPSA) is 90.2 Å². The summed E-state index contributed by atoms with van der Waals surface area (Å²) in [5.74, 6) is -1.43. The molecule has 1 heterocycles. The van der Waals surface area contributed by atoms with Crippen LogP contribution in [0, 0.1) is 5.92 Å². The smallest absolute Gasteiger partial charge is 0.310 e. The summed E-state index contributed by atoms with van der Waals surface area (Å²) in [7, 11) is 0. The quantitative estimate of drug-likeness (QED) is 0.532. The molecule has 0 aliphatic carbocycles. The number of aliphatic hydroxyl groups is 2. The third-order valence-corrected chi connectivity index (χ3v) is 2.90. The molecule has 3 atom stereocenters. The number of nitrogens with zero attached hydrogens (tertiary/aromatic N) is 1. The summed E-state index contributed by atoms with van der Waals surface area (Å²) in [5.41, 5.74) is 0.